The Morgan fingerprint density at radius 3 is 2.85 bits per heavy atom. The monoisotopic (exact) mass is 282 g/mol. The second-order valence-corrected chi connectivity index (χ2v) is 5.83. The van der Waals surface area contributed by atoms with E-state index >= 15 is 0 Å². The highest BCUT2D eigenvalue weighted by Gasteiger charge is 2.36. The lowest BCUT2D eigenvalue weighted by atomic mass is 9.82. The van der Waals surface area contributed by atoms with E-state index in [2.05, 4.69) is 5.32 Å². The molecular weight excluding hydrogens is 256 g/mol. The fourth-order valence-corrected chi connectivity index (χ4v) is 3.40. The Morgan fingerprint density at radius 2 is 2.05 bits per heavy atom. The molecule has 2 fully saturated rings. The second kappa shape index (κ2) is 7.62. The molecule has 114 valence electrons. The van der Waals surface area contributed by atoms with Crippen LogP contribution in [0.25, 0.3) is 0 Å². The number of hydrogen-bond acceptors (Lipinski definition) is 3. The molecule has 1 aliphatic heterocycles. The number of nitrogens with one attached hydrogen (secondary N) is 1. The minimum atomic E-state index is -0.0392. The predicted octanol–water partition coefficient (Wildman–Crippen LogP) is 1.32. The van der Waals surface area contributed by atoms with E-state index in [1.807, 2.05) is 4.90 Å². The van der Waals surface area contributed by atoms with Crippen LogP contribution in [0.1, 0.15) is 44.9 Å². The molecule has 2 amide bonds. The van der Waals surface area contributed by atoms with E-state index < -0.39 is 0 Å². The van der Waals surface area contributed by atoms with Crippen molar-refractivity contribution in [3.8, 4) is 0 Å². The van der Waals surface area contributed by atoms with Crippen LogP contribution in [0.4, 0.5) is 0 Å². The van der Waals surface area contributed by atoms with Gasteiger partial charge >= 0.3 is 0 Å². The lowest BCUT2D eigenvalue weighted by Crippen LogP contribution is -2.52. The van der Waals surface area contributed by atoms with Gasteiger partial charge in [0, 0.05) is 26.2 Å². The molecule has 0 unspecified atom stereocenters. The molecule has 0 aromatic carbocycles. The molecule has 1 heterocycles. The van der Waals surface area contributed by atoms with Crippen molar-refractivity contribution in [2.24, 2.45) is 5.92 Å². The van der Waals surface area contributed by atoms with Crippen LogP contribution in [-0.4, -0.2) is 49.6 Å². The van der Waals surface area contributed by atoms with Gasteiger partial charge in [-0.15, -0.1) is 0 Å². The van der Waals surface area contributed by atoms with E-state index in [0.717, 1.165) is 58.0 Å². The molecule has 0 aromatic rings. The molecule has 20 heavy (non-hydrogen) atoms. The van der Waals surface area contributed by atoms with Crippen LogP contribution in [0, 0.1) is 5.92 Å². The van der Waals surface area contributed by atoms with Gasteiger partial charge in [-0.3, -0.25) is 9.59 Å². The number of carbonyl (C=O) groups excluding carboxylic acids is 2. The summed E-state index contributed by atoms with van der Waals surface area (Å²) in [5.74, 6) is 0.118. The smallest absolute Gasteiger partial charge is 0.248 e. The third-order valence-corrected chi connectivity index (χ3v) is 4.43. The summed E-state index contributed by atoms with van der Waals surface area (Å²) in [4.78, 5) is 26.5. The lowest BCUT2D eigenvalue weighted by molar-refractivity contribution is -0.142. The first-order valence-corrected chi connectivity index (χ1v) is 7.80. The van der Waals surface area contributed by atoms with Gasteiger partial charge in [0.05, 0.1) is 5.92 Å². The lowest BCUT2D eigenvalue weighted by Gasteiger charge is -2.40. The van der Waals surface area contributed by atoms with Crippen LogP contribution in [0.5, 0.6) is 0 Å². The largest absolute Gasteiger partial charge is 0.375 e. The summed E-state index contributed by atoms with van der Waals surface area (Å²) in [6.07, 6.45) is 7.07. The Labute approximate surface area is 121 Å². The van der Waals surface area contributed by atoms with Gasteiger partial charge < -0.3 is 15.0 Å². The van der Waals surface area contributed by atoms with Gasteiger partial charge in [0.15, 0.2) is 0 Å². The van der Waals surface area contributed by atoms with Gasteiger partial charge in [0.25, 0.3) is 0 Å². The molecule has 0 bridgehead atoms. The van der Waals surface area contributed by atoms with Crippen LogP contribution in [-0.2, 0) is 14.3 Å². The third kappa shape index (κ3) is 3.72. The molecule has 0 aromatic heterocycles. The first kappa shape index (κ1) is 15.3. The van der Waals surface area contributed by atoms with Crippen molar-refractivity contribution in [3.63, 3.8) is 0 Å². The van der Waals surface area contributed by atoms with Crippen molar-refractivity contribution in [1.29, 1.82) is 0 Å². The number of amides is 2. The van der Waals surface area contributed by atoms with Gasteiger partial charge in [-0.1, -0.05) is 12.8 Å². The van der Waals surface area contributed by atoms with Crippen LogP contribution in [0.2, 0.25) is 0 Å². The third-order valence-electron chi connectivity index (χ3n) is 4.43. The fraction of sp³-hybridized carbons (Fsp3) is 0.867. The van der Waals surface area contributed by atoms with E-state index in [-0.39, 0.29) is 30.4 Å². The molecule has 2 rings (SSSR count). The van der Waals surface area contributed by atoms with Crippen molar-refractivity contribution >= 4 is 11.8 Å². The summed E-state index contributed by atoms with van der Waals surface area (Å²) in [7, 11) is 1.55. The van der Waals surface area contributed by atoms with Crippen molar-refractivity contribution in [2.45, 2.75) is 51.0 Å². The van der Waals surface area contributed by atoms with Crippen molar-refractivity contribution in [2.75, 3.05) is 26.8 Å². The number of fused-ring (bicyclic) bond motifs is 1. The van der Waals surface area contributed by atoms with Crippen molar-refractivity contribution in [1.82, 2.24) is 10.2 Å². The van der Waals surface area contributed by atoms with E-state index in [9.17, 15) is 9.59 Å². The maximum Gasteiger partial charge on any atom is 0.248 e. The van der Waals surface area contributed by atoms with Crippen molar-refractivity contribution < 1.29 is 14.3 Å². The second-order valence-electron chi connectivity index (χ2n) is 5.83. The number of hydrogen-bond donors (Lipinski definition) is 1. The van der Waals surface area contributed by atoms with Crippen LogP contribution in [0.15, 0.2) is 0 Å². The molecule has 2 atom stereocenters. The minimum Gasteiger partial charge on any atom is -0.375 e. The zero-order valence-corrected chi connectivity index (χ0v) is 12.4. The normalized spacial score (nSPS) is 28.4. The summed E-state index contributed by atoms with van der Waals surface area (Å²) < 4.78 is 5.00. The van der Waals surface area contributed by atoms with E-state index in [4.69, 9.17) is 4.74 Å². The first-order chi connectivity index (χ1) is 9.74. The SMILES string of the molecule is COCC(=O)N1CCCCCNC(=O)[C@@H]2CCCC[C@@H]21. The number of carbonyl (C=O) groups is 2. The molecular formula is C15H26N2O3. The standard InChI is InChI=1S/C15H26N2O3/c1-20-11-14(18)17-10-6-2-5-9-16-15(19)12-7-3-4-8-13(12)17/h12-13H,2-11H2,1H3,(H,16,19)/t12-,13+/m1/s1. The van der Waals surface area contributed by atoms with Crippen LogP contribution >= 0.6 is 0 Å². The number of ether oxygens (including phenoxy) is 1. The number of rotatable bonds is 2. The van der Waals surface area contributed by atoms with Gasteiger partial charge in [-0.25, -0.2) is 0 Å². The molecule has 0 radical (unpaired) electrons. The van der Waals surface area contributed by atoms with Gasteiger partial charge in [-0.05, 0) is 32.1 Å². The Kier molecular flexibility index (Phi) is 5.83. The highest BCUT2D eigenvalue weighted by atomic mass is 16.5. The van der Waals surface area contributed by atoms with Gasteiger partial charge in [-0.2, -0.15) is 0 Å². The average molecular weight is 282 g/mol. The Bertz CT molecular complexity index is 346. The molecule has 1 aliphatic carbocycles. The molecule has 1 saturated carbocycles. The molecule has 2 aliphatic rings. The molecule has 5 heteroatoms. The zero-order valence-electron chi connectivity index (χ0n) is 12.4. The van der Waals surface area contributed by atoms with Gasteiger partial charge in [0.1, 0.15) is 6.61 Å². The fourth-order valence-electron chi connectivity index (χ4n) is 3.40. The highest BCUT2D eigenvalue weighted by molar-refractivity contribution is 5.82. The van der Waals surface area contributed by atoms with Crippen LogP contribution < -0.4 is 5.32 Å². The Balaban J connectivity index is 2.15. The summed E-state index contributed by atoms with van der Waals surface area (Å²) in [5.41, 5.74) is 0. The summed E-state index contributed by atoms with van der Waals surface area (Å²) in [6.45, 7) is 1.65. The number of nitrogens with zero attached hydrogens (tertiary/aromatic N) is 1. The molecule has 5 nitrogen and oxygen atoms in total. The Hall–Kier alpha value is -1.10. The van der Waals surface area contributed by atoms with E-state index in [0.29, 0.717) is 0 Å². The summed E-state index contributed by atoms with van der Waals surface area (Å²) in [6, 6.07) is 0.0597. The average Bonchev–Trinajstić information content (AvgIpc) is 2.46. The molecule has 1 saturated heterocycles. The Morgan fingerprint density at radius 1 is 1.25 bits per heavy atom. The predicted molar refractivity (Wildman–Crippen MR) is 76.2 cm³/mol. The first-order valence-electron chi connectivity index (χ1n) is 7.80. The number of methoxy groups -OCH3 is 1. The van der Waals surface area contributed by atoms with Crippen LogP contribution in [0.3, 0.4) is 0 Å². The topological polar surface area (TPSA) is 58.6 Å². The molecule has 0 spiro atoms. The zero-order chi connectivity index (χ0) is 14.4. The minimum absolute atomic E-state index is 0.0257. The summed E-state index contributed by atoms with van der Waals surface area (Å²) >= 11 is 0. The maximum absolute atomic E-state index is 12.3. The highest BCUT2D eigenvalue weighted by Crippen LogP contribution is 2.29. The van der Waals surface area contributed by atoms with E-state index in [1.165, 1.54) is 0 Å². The maximum atomic E-state index is 12.3. The summed E-state index contributed by atoms with van der Waals surface area (Å²) in [5, 5.41) is 3.03. The van der Waals surface area contributed by atoms with Crippen molar-refractivity contribution in [3.05, 3.63) is 0 Å². The quantitative estimate of drug-likeness (QED) is 0.831. The van der Waals surface area contributed by atoms with Gasteiger partial charge in [0.2, 0.25) is 11.8 Å². The molecule has 1 N–H and O–H groups in total. The van der Waals surface area contributed by atoms with E-state index in [1.54, 1.807) is 7.11 Å².